The van der Waals surface area contributed by atoms with Gasteiger partial charge in [0, 0.05) is 0 Å². The quantitative estimate of drug-likeness (QED) is 0.715. The van der Waals surface area contributed by atoms with E-state index in [0.717, 1.165) is 6.42 Å². The first-order valence-corrected chi connectivity index (χ1v) is 5.63. The molecule has 0 heterocycles. The Hall–Kier alpha value is 0.210. The number of aliphatic hydroxyl groups excluding tert-OH is 1. The van der Waals surface area contributed by atoms with Crippen molar-refractivity contribution in [2.45, 2.75) is 44.8 Å². The Balaban J connectivity index is 2.18. The van der Waals surface area contributed by atoms with Crippen molar-refractivity contribution in [3.8, 4) is 0 Å². The van der Waals surface area contributed by atoms with Gasteiger partial charge in [0.15, 0.2) is 0 Å². The molecule has 0 aromatic rings. The zero-order valence-electron chi connectivity index (χ0n) is 8.21. The van der Waals surface area contributed by atoms with Gasteiger partial charge < -0.3 is 9.84 Å². The Kier molecular flexibility index (Phi) is 5.07. The van der Waals surface area contributed by atoms with Crippen LogP contribution in [0.4, 0.5) is 0 Å². The zero-order valence-corrected chi connectivity index (χ0v) is 8.96. The van der Waals surface area contributed by atoms with Gasteiger partial charge in [-0.3, -0.25) is 0 Å². The molecular weight excluding hydrogens is 188 g/mol. The lowest BCUT2D eigenvalue weighted by Crippen LogP contribution is -2.29. The van der Waals surface area contributed by atoms with Crippen molar-refractivity contribution in [1.82, 2.24) is 0 Å². The van der Waals surface area contributed by atoms with E-state index in [9.17, 15) is 5.11 Å². The molecule has 3 atom stereocenters. The van der Waals surface area contributed by atoms with Crippen molar-refractivity contribution in [3.05, 3.63) is 0 Å². The van der Waals surface area contributed by atoms with Gasteiger partial charge in [-0.2, -0.15) is 0 Å². The predicted molar refractivity (Wildman–Crippen MR) is 54.1 cm³/mol. The smallest absolute Gasteiger partial charge is 0.0908 e. The highest BCUT2D eigenvalue weighted by molar-refractivity contribution is 6.18. The summed E-state index contributed by atoms with van der Waals surface area (Å²) in [5.74, 6) is 0.900. The van der Waals surface area contributed by atoms with Crippen LogP contribution in [0, 0.1) is 5.92 Å². The monoisotopic (exact) mass is 206 g/mol. The Labute approximate surface area is 85.2 Å². The van der Waals surface area contributed by atoms with Crippen molar-refractivity contribution in [2.75, 3.05) is 12.5 Å². The number of halogens is 1. The molecule has 1 saturated carbocycles. The van der Waals surface area contributed by atoms with E-state index in [-0.39, 0.29) is 5.88 Å². The standard InChI is InChI=1S/C10H19ClO2/c1-8-4-2-3-5-10(8)13-7-9(12)6-11/h8-10,12H,2-7H2,1H3. The molecule has 13 heavy (non-hydrogen) atoms. The molecule has 0 spiro atoms. The molecule has 1 aliphatic rings. The third-order valence-corrected chi connectivity index (χ3v) is 3.07. The molecule has 0 amide bonds. The summed E-state index contributed by atoms with van der Waals surface area (Å²) in [6.45, 7) is 2.61. The molecular formula is C10H19ClO2. The number of hydrogen-bond donors (Lipinski definition) is 1. The van der Waals surface area contributed by atoms with Crippen molar-refractivity contribution in [3.63, 3.8) is 0 Å². The fraction of sp³-hybridized carbons (Fsp3) is 1.00. The summed E-state index contributed by atoms with van der Waals surface area (Å²) in [6.07, 6.45) is 4.80. The van der Waals surface area contributed by atoms with E-state index >= 15 is 0 Å². The maximum absolute atomic E-state index is 9.22. The van der Waals surface area contributed by atoms with Crippen LogP contribution in [0.1, 0.15) is 32.6 Å². The van der Waals surface area contributed by atoms with Crippen LogP contribution in [-0.4, -0.2) is 29.8 Å². The van der Waals surface area contributed by atoms with Crippen LogP contribution in [0.5, 0.6) is 0 Å². The minimum atomic E-state index is -0.504. The van der Waals surface area contributed by atoms with Crippen LogP contribution in [0.15, 0.2) is 0 Å². The minimum Gasteiger partial charge on any atom is -0.389 e. The normalized spacial score (nSPS) is 31.6. The molecule has 1 fully saturated rings. The van der Waals surface area contributed by atoms with Crippen LogP contribution in [0.3, 0.4) is 0 Å². The van der Waals surface area contributed by atoms with Crippen LogP contribution in [0.25, 0.3) is 0 Å². The molecule has 0 radical (unpaired) electrons. The Morgan fingerprint density at radius 2 is 2.15 bits per heavy atom. The molecule has 0 bridgehead atoms. The van der Waals surface area contributed by atoms with Gasteiger partial charge in [-0.1, -0.05) is 19.8 Å². The molecule has 3 heteroatoms. The van der Waals surface area contributed by atoms with E-state index in [2.05, 4.69) is 6.92 Å². The van der Waals surface area contributed by atoms with Crippen LogP contribution >= 0.6 is 11.6 Å². The maximum atomic E-state index is 9.22. The summed E-state index contributed by atoms with van der Waals surface area (Å²) >= 11 is 5.48. The van der Waals surface area contributed by atoms with Crippen LogP contribution in [0.2, 0.25) is 0 Å². The minimum absolute atomic E-state index is 0.265. The molecule has 0 saturated heterocycles. The second-order valence-corrected chi connectivity index (χ2v) is 4.25. The first-order chi connectivity index (χ1) is 6.24. The highest BCUT2D eigenvalue weighted by atomic mass is 35.5. The fourth-order valence-corrected chi connectivity index (χ4v) is 1.90. The molecule has 1 aliphatic carbocycles. The molecule has 0 aromatic heterocycles. The first-order valence-electron chi connectivity index (χ1n) is 5.09. The summed E-state index contributed by atoms with van der Waals surface area (Å²) in [5, 5.41) is 9.22. The number of hydrogen-bond acceptors (Lipinski definition) is 2. The highest BCUT2D eigenvalue weighted by Gasteiger charge is 2.22. The third kappa shape index (κ3) is 3.84. The van der Waals surface area contributed by atoms with Crippen LogP contribution < -0.4 is 0 Å². The lowest BCUT2D eigenvalue weighted by atomic mass is 9.88. The number of aliphatic hydroxyl groups is 1. The second kappa shape index (κ2) is 5.84. The average Bonchev–Trinajstić information content (AvgIpc) is 2.16. The van der Waals surface area contributed by atoms with Crippen molar-refractivity contribution >= 4 is 11.6 Å². The molecule has 0 aromatic carbocycles. The van der Waals surface area contributed by atoms with E-state index in [1.807, 2.05) is 0 Å². The molecule has 78 valence electrons. The lowest BCUT2D eigenvalue weighted by molar-refractivity contribution is -0.0403. The number of ether oxygens (including phenoxy) is 1. The highest BCUT2D eigenvalue weighted by Crippen LogP contribution is 2.26. The van der Waals surface area contributed by atoms with Gasteiger partial charge in [0.25, 0.3) is 0 Å². The Morgan fingerprint density at radius 3 is 2.77 bits per heavy atom. The molecule has 1 rings (SSSR count). The van der Waals surface area contributed by atoms with E-state index < -0.39 is 6.10 Å². The van der Waals surface area contributed by atoms with E-state index in [1.165, 1.54) is 19.3 Å². The van der Waals surface area contributed by atoms with E-state index in [4.69, 9.17) is 16.3 Å². The average molecular weight is 207 g/mol. The summed E-state index contributed by atoms with van der Waals surface area (Å²) < 4.78 is 5.61. The largest absolute Gasteiger partial charge is 0.389 e. The van der Waals surface area contributed by atoms with E-state index in [0.29, 0.717) is 18.6 Å². The lowest BCUT2D eigenvalue weighted by Gasteiger charge is -2.29. The van der Waals surface area contributed by atoms with Gasteiger partial charge in [0.1, 0.15) is 0 Å². The van der Waals surface area contributed by atoms with Gasteiger partial charge in [0.2, 0.25) is 0 Å². The molecule has 0 aliphatic heterocycles. The van der Waals surface area contributed by atoms with Gasteiger partial charge >= 0.3 is 0 Å². The summed E-state index contributed by atoms with van der Waals surface area (Å²) in [7, 11) is 0. The SMILES string of the molecule is CC1CCCCC1OCC(O)CCl. The van der Waals surface area contributed by atoms with Crippen molar-refractivity contribution < 1.29 is 9.84 Å². The number of rotatable bonds is 4. The molecule has 3 unspecified atom stereocenters. The maximum Gasteiger partial charge on any atom is 0.0908 e. The van der Waals surface area contributed by atoms with Gasteiger partial charge in [-0.05, 0) is 18.8 Å². The van der Waals surface area contributed by atoms with E-state index in [1.54, 1.807) is 0 Å². The Bertz CT molecular complexity index is 141. The second-order valence-electron chi connectivity index (χ2n) is 3.94. The molecule has 2 nitrogen and oxygen atoms in total. The predicted octanol–water partition coefficient (Wildman–Crippen LogP) is 2.18. The molecule has 1 N–H and O–H groups in total. The van der Waals surface area contributed by atoms with Gasteiger partial charge in [-0.25, -0.2) is 0 Å². The van der Waals surface area contributed by atoms with Gasteiger partial charge in [-0.15, -0.1) is 11.6 Å². The fourth-order valence-electron chi connectivity index (χ4n) is 1.81. The topological polar surface area (TPSA) is 29.5 Å². The van der Waals surface area contributed by atoms with Gasteiger partial charge in [0.05, 0.1) is 24.7 Å². The van der Waals surface area contributed by atoms with Crippen molar-refractivity contribution in [2.24, 2.45) is 5.92 Å². The number of alkyl halides is 1. The van der Waals surface area contributed by atoms with Crippen LogP contribution in [-0.2, 0) is 4.74 Å². The third-order valence-electron chi connectivity index (χ3n) is 2.71. The summed E-state index contributed by atoms with van der Waals surface area (Å²) in [4.78, 5) is 0. The Morgan fingerprint density at radius 1 is 1.46 bits per heavy atom. The first kappa shape index (κ1) is 11.3. The van der Waals surface area contributed by atoms with Crippen molar-refractivity contribution in [1.29, 1.82) is 0 Å². The zero-order chi connectivity index (χ0) is 9.68. The summed E-state index contributed by atoms with van der Waals surface area (Å²) in [6, 6.07) is 0. The summed E-state index contributed by atoms with van der Waals surface area (Å²) in [5.41, 5.74) is 0.